The molecule has 19 heavy (non-hydrogen) atoms. The predicted molar refractivity (Wildman–Crippen MR) is 69.5 cm³/mol. The average Bonchev–Trinajstić information content (AvgIpc) is 3.05. The maximum Gasteiger partial charge on any atom is 0.243 e. The van der Waals surface area contributed by atoms with Crippen LogP contribution in [0.25, 0.3) is 0 Å². The normalized spacial score (nSPS) is 19.4. The molecule has 0 radical (unpaired) electrons. The Bertz CT molecular complexity index is 567. The van der Waals surface area contributed by atoms with Crippen molar-refractivity contribution in [2.24, 2.45) is 5.73 Å². The summed E-state index contributed by atoms with van der Waals surface area (Å²) in [7, 11) is 0. The van der Waals surface area contributed by atoms with Crippen LogP contribution < -0.4 is 5.73 Å². The van der Waals surface area contributed by atoms with Crippen molar-refractivity contribution in [2.75, 3.05) is 6.61 Å². The molecular weight excluding hydrogens is 242 g/mol. The highest BCUT2D eigenvalue weighted by atomic mass is 16.5. The molecule has 5 heteroatoms. The minimum absolute atomic E-state index is 0.0190. The van der Waals surface area contributed by atoms with Crippen LogP contribution in [0.15, 0.2) is 28.8 Å². The molecule has 3 rings (SSSR count). The smallest absolute Gasteiger partial charge is 0.243 e. The first kappa shape index (κ1) is 12.3. The Morgan fingerprint density at radius 2 is 2.26 bits per heavy atom. The summed E-state index contributed by atoms with van der Waals surface area (Å²) in [5, 5.41) is 12.9. The highest BCUT2D eigenvalue weighted by Crippen LogP contribution is 2.36. The van der Waals surface area contributed by atoms with Crippen molar-refractivity contribution in [1.82, 2.24) is 10.1 Å². The first-order valence-electron chi connectivity index (χ1n) is 6.57. The van der Waals surface area contributed by atoms with Gasteiger partial charge >= 0.3 is 0 Å². The van der Waals surface area contributed by atoms with Crippen molar-refractivity contribution in [3.8, 4) is 0 Å². The maximum atomic E-state index is 8.88. The van der Waals surface area contributed by atoms with E-state index in [1.807, 2.05) is 6.07 Å². The predicted octanol–water partition coefficient (Wildman–Crippen LogP) is 1.53. The maximum absolute atomic E-state index is 8.88. The molecule has 1 heterocycles. The van der Waals surface area contributed by atoms with Crippen LogP contribution in [0.2, 0.25) is 0 Å². The quantitative estimate of drug-likeness (QED) is 0.869. The second kappa shape index (κ2) is 5.11. The number of nitrogens with zero attached hydrogens (tertiary/aromatic N) is 2. The number of benzene rings is 1. The minimum Gasteiger partial charge on any atom is -0.396 e. The molecule has 0 amide bonds. The standard InChI is InChI=1S/C14H17N3O2/c15-12(7-8-18)14-16-13(17-19-14)11-6-5-9-3-1-2-4-10(9)11/h1-4,11-12,18H,5-8,15H2. The summed E-state index contributed by atoms with van der Waals surface area (Å²) in [5.74, 6) is 1.32. The molecule has 0 fully saturated rings. The van der Waals surface area contributed by atoms with Gasteiger partial charge in [-0.2, -0.15) is 4.98 Å². The molecular formula is C14H17N3O2. The van der Waals surface area contributed by atoms with Gasteiger partial charge in [-0.05, 0) is 30.4 Å². The zero-order valence-electron chi connectivity index (χ0n) is 10.6. The second-order valence-electron chi connectivity index (χ2n) is 4.90. The third-order valence-electron chi connectivity index (χ3n) is 3.66. The molecule has 3 N–H and O–H groups in total. The Hall–Kier alpha value is -1.72. The number of aromatic nitrogens is 2. The fourth-order valence-corrected chi connectivity index (χ4v) is 2.63. The van der Waals surface area contributed by atoms with Crippen molar-refractivity contribution in [3.05, 3.63) is 47.1 Å². The molecule has 1 aliphatic carbocycles. The molecule has 1 aliphatic rings. The van der Waals surface area contributed by atoms with Gasteiger partial charge < -0.3 is 15.4 Å². The van der Waals surface area contributed by atoms with Gasteiger partial charge in [0.25, 0.3) is 0 Å². The van der Waals surface area contributed by atoms with Gasteiger partial charge in [0.2, 0.25) is 5.89 Å². The molecule has 1 aromatic heterocycles. The van der Waals surface area contributed by atoms with Crippen LogP contribution in [0.1, 0.15) is 47.6 Å². The molecule has 0 spiro atoms. The van der Waals surface area contributed by atoms with E-state index in [0.717, 1.165) is 12.8 Å². The fraction of sp³-hybridized carbons (Fsp3) is 0.429. The summed E-state index contributed by atoms with van der Waals surface area (Å²) in [6.45, 7) is 0.0190. The Kier molecular flexibility index (Phi) is 3.31. The van der Waals surface area contributed by atoms with E-state index >= 15 is 0 Å². The monoisotopic (exact) mass is 259 g/mol. The minimum atomic E-state index is -0.386. The molecule has 1 aromatic carbocycles. The summed E-state index contributed by atoms with van der Waals surface area (Å²) in [6.07, 6.45) is 2.49. The van der Waals surface area contributed by atoms with Gasteiger partial charge in [-0.25, -0.2) is 0 Å². The third kappa shape index (κ3) is 2.27. The molecule has 2 unspecified atom stereocenters. The van der Waals surface area contributed by atoms with E-state index in [4.69, 9.17) is 15.4 Å². The molecule has 100 valence electrons. The van der Waals surface area contributed by atoms with Gasteiger partial charge in [0.1, 0.15) is 0 Å². The first-order chi connectivity index (χ1) is 9.29. The second-order valence-corrected chi connectivity index (χ2v) is 4.90. The first-order valence-corrected chi connectivity index (χ1v) is 6.57. The number of rotatable bonds is 4. The topological polar surface area (TPSA) is 85.2 Å². The van der Waals surface area contributed by atoms with Crippen LogP contribution in [0.3, 0.4) is 0 Å². The van der Waals surface area contributed by atoms with Crippen LogP contribution in [0.5, 0.6) is 0 Å². The molecule has 0 bridgehead atoms. The number of fused-ring (bicyclic) bond motifs is 1. The summed E-state index contributed by atoms with van der Waals surface area (Å²) >= 11 is 0. The van der Waals surface area contributed by atoms with E-state index in [9.17, 15) is 0 Å². The Morgan fingerprint density at radius 1 is 1.42 bits per heavy atom. The van der Waals surface area contributed by atoms with Gasteiger partial charge in [-0.1, -0.05) is 29.4 Å². The highest BCUT2D eigenvalue weighted by Gasteiger charge is 2.28. The average molecular weight is 259 g/mol. The van der Waals surface area contributed by atoms with Crippen LogP contribution >= 0.6 is 0 Å². The number of aliphatic hydroxyl groups is 1. The molecule has 2 atom stereocenters. The van der Waals surface area contributed by atoms with Crippen molar-refractivity contribution >= 4 is 0 Å². The van der Waals surface area contributed by atoms with E-state index < -0.39 is 0 Å². The lowest BCUT2D eigenvalue weighted by molar-refractivity contribution is 0.259. The van der Waals surface area contributed by atoms with Gasteiger partial charge in [0.05, 0.1) is 6.04 Å². The summed E-state index contributed by atoms with van der Waals surface area (Å²) < 4.78 is 5.21. The summed E-state index contributed by atoms with van der Waals surface area (Å²) in [6, 6.07) is 7.98. The van der Waals surface area contributed by atoms with Crippen LogP contribution in [0, 0.1) is 0 Å². The van der Waals surface area contributed by atoms with E-state index in [2.05, 4.69) is 28.3 Å². The van der Waals surface area contributed by atoms with Crippen LogP contribution in [-0.4, -0.2) is 21.9 Å². The SMILES string of the molecule is NC(CCO)c1nc(C2CCc3ccccc32)no1. The Balaban J connectivity index is 1.85. The van der Waals surface area contributed by atoms with Crippen molar-refractivity contribution in [3.63, 3.8) is 0 Å². The molecule has 0 saturated carbocycles. The van der Waals surface area contributed by atoms with Crippen LogP contribution in [-0.2, 0) is 6.42 Å². The lowest BCUT2D eigenvalue weighted by Gasteiger charge is -2.06. The number of nitrogens with two attached hydrogens (primary N) is 1. The summed E-state index contributed by atoms with van der Waals surface area (Å²) in [4.78, 5) is 4.40. The Labute approximate surface area is 111 Å². The van der Waals surface area contributed by atoms with E-state index in [1.165, 1.54) is 11.1 Å². The number of hydrogen-bond donors (Lipinski definition) is 2. The molecule has 5 nitrogen and oxygen atoms in total. The number of aryl methyl sites for hydroxylation is 1. The number of hydrogen-bond acceptors (Lipinski definition) is 5. The zero-order valence-corrected chi connectivity index (χ0v) is 10.6. The Morgan fingerprint density at radius 3 is 3.11 bits per heavy atom. The highest BCUT2D eigenvalue weighted by molar-refractivity contribution is 5.38. The fourth-order valence-electron chi connectivity index (χ4n) is 2.63. The number of aliphatic hydroxyl groups excluding tert-OH is 1. The van der Waals surface area contributed by atoms with Gasteiger partial charge in [0, 0.05) is 12.5 Å². The van der Waals surface area contributed by atoms with E-state index in [1.54, 1.807) is 0 Å². The zero-order chi connectivity index (χ0) is 13.2. The third-order valence-corrected chi connectivity index (χ3v) is 3.66. The van der Waals surface area contributed by atoms with Gasteiger partial charge in [-0.3, -0.25) is 0 Å². The van der Waals surface area contributed by atoms with Crippen molar-refractivity contribution < 1.29 is 9.63 Å². The molecule has 0 aliphatic heterocycles. The van der Waals surface area contributed by atoms with E-state index in [-0.39, 0.29) is 18.6 Å². The molecule has 0 saturated heterocycles. The molecule has 2 aromatic rings. The van der Waals surface area contributed by atoms with Crippen molar-refractivity contribution in [2.45, 2.75) is 31.2 Å². The lowest BCUT2D eigenvalue weighted by Crippen LogP contribution is -2.12. The largest absolute Gasteiger partial charge is 0.396 e. The van der Waals surface area contributed by atoms with Crippen LogP contribution in [0.4, 0.5) is 0 Å². The summed E-state index contributed by atoms with van der Waals surface area (Å²) in [5.41, 5.74) is 8.50. The van der Waals surface area contributed by atoms with Crippen molar-refractivity contribution in [1.29, 1.82) is 0 Å². The lowest BCUT2D eigenvalue weighted by atomic mass is 10.0. The van der Waals surface area contributed by atoms with Gasteiger partial charge in [-0.15, -0.1) is 0 Å². The van der Waals surface area contributed by atoms with Gasteiger partial charge in [0.15, 0.2) is 5.82 Å². The van der Waals surface area contributed by atoms with E-state index in [0.29, 0.717) is 18.1 Å².